The maximum Gasteiger partial charge on any atom is 0.231 e. The van der Waals surface area contributed by atoms with Gasteiger partial charge in [-0.25, -0.2) is 28.7 Å². The molecule has 1 fully saturated rings. The number of anilines is 4. The molecule has 1 aliphatic heterocycles. The number of hydrogen-bond donors (Lipinski definition) is 1. The van der Waals surface area contributed by atoms with Crippen molar-refractivity contribution in [1.29, 1.82) is 0 Å². The van der Waals surface area contributed by atoms with E-state index < -0.39 is 11.6 Å². The first-order valence-electron chi connectivity index (χ1n) is 12.9. The van der Waals surface area contributed by atoms with Gasteiger partial charge in [0.25, 0.3) is 0 Å². The van der Waals surface area contributed by atoms with E-state index in [1.165, 1.54) is 30.0 Å². The minimum atomic E-state index is -0.849. The van der Waals surface area contributed by atoms with Crippen molar-refractivity contribution in [3.05, 3.63) is 89.0 Å². The molecule has 0 saturated carbocycles. The Kier molecular flexibility index (Phi) is 6.76. The maximum atomic E-state index is 13.5. The zero-order valence-corrected chi connectivity index (χ0v) is 20.9. The lowest BCUT2D eigenvalue weighted by atomic mass is 9.91. The van der Waals surface area contributed by atoms with Gasteiger partial charge in [0.15, 0.2) is 11.6 Å². The Morgan fingerprint density at radius 3 is 2.21 bits per heavy atom. The normalized spacial score (nSPS) is 15.3. The highest BCUT2D eigenvalue weighted by molar-refractivity contribution is 5.57. The number of aryl methyl sites for hydroxylation is 2. The van der Waals surface area contributed by atoms with Crippen LogP contribution in [0.3, 0.4) is 0 Å². The van der Waals surface area contributed by atoms with Crippen LogP contribution in [-0.4, -0.2) is 51.1 Å². The third-order valence-corrected chi connectivity index (χ3v) is 7.09. The predicted octanol–water partition coefficient (Wildman–Crippen LogP) is 4.48. The van der Waals surface area contributed by atoms with E-state index in [4.69, 9.17) is 0 Å². The summed E-state index contributed by atoms with van der Waals surface area (Å²) in [6.45, 7) is 2.90. The molecule has 1 aliphatic carbocycles. The number of benzene rings is 2. The highest BCUT2D eigenvalue weighted by atomic mass is 19.2. The highest BCUT2D eigenvalue weighted by Gasteiger charge is 2.21. The van der Waals surface area contributed by atoms with E-state index in [1.807, 2.05) is 0 Å². The molecule has 3 heterocycles. The number of hydrogen-bond acceptors (Lipinski definition) is 8. The van der Waals surface area contributed by atoms with Crippen molar-refractivity contribution in [2.75, 3.05) is 41.3 Å². The fourth-order valence-electron chi connectivity index (χ4n) is 5.03. The van der Waals surface area contributed by atoms with Gasteiger partial charge in [0.2, 0.25) is 17.8 Å². The van der Waals surface area contributed by atoms with Crippen molar-refractivity contribution >= 4 is 23.5 Å². The maximum absolute atomic E-state index is 13.5. The van der Waals surface area contributed by atoms with Crippen LogP contribution in [0, 0.1) is 11.6 Å². The molecule has 6 rings (SSSR count). The zero-order valence-electron chi connectivity index (χ0n) is 20.9. The Hall–Kier alpha value is -4.21. The SMILES string of the molecule is Fc1ccc(Cc2cnc(N3CCN(c4ncnc(Nc5ccc6c(c5)CCCC6)n4)CC3)nc2)cc1F. The molecule has 0 bridgehead atoms. The molecule has 0 amide bonds. The van der Waals surface area contributed by atoms with Gasteiger partial charge in [-0.15, -0.1) is 0 Å². The third kappa shape index (κ3) is 5.39. The molecular weight excluding hydrogens is 486 g/mol. The van der Waals surface area contributed by atoms with Crippen LogP contribution in [0.25, 0.3) is 0 Å². The molecule has 2 aromatic carbocycles. The van der Waals surface area contributed by atoms with Crippen LogP contribution in [0.1, 0.15) is 35.1 Å². The smallest absolute Gasteiger partial charge is 0.231 e. The van der Waals surface area contributed by atoms with Crippen molar-refractivity contribution < 1.29 is 8.78 Å². The van der Waals surface area contributed by atoms with Crippen LogP contribution < -0.4 is 15.1 Å². The van der Waals surface area contributed by atoms with Crippen LogP contribution in [-0.2, 0) is 19.3 Å². The Morgan fingerprint density at radius 1 is 0.711 bits per heavy atom. The fourth-order valence-corrected chi connectivity index (χ4v) is 5.03. The van der Waals surface area contributed by atoms with Crippen LogP contribution >= 0.6 is 0 Å². The summed E-state index contributed by atoms with van der Waals surface area (Å²) in [6.07, 6.45) is 10.2. The molecule has 2 aliphatic rings. The van der Waals surface area contributed by atoms with Gasteiger partial charge in [-0.05, 0) is 72.2 Å². The van der Waals surface area contributed by atoms with Crippen molar-refractivity contribution in [2.45, 2.75) is 32.1 Å². The molecule has 10 heteroatoms. The van der Waals surface area contributed by atoms with Crippen LogP contribution in [0.5, 0.6) is 0 Å². The van der Waals surface area contributed by atoms with Crippen molar-refractivity contribution in [3.8, 4) is 0 Å². The van der Waals surface area contributed by atoms with Gasteiger partial charge in [-0.1, -0.05) is 12.1 Å². The Bertz CT molecular complexity index is 1420. The molecule has 0 spiro atoms. The number of piperazine rings is 1. The molecule has 8 nitrogen and oxygen atoms in total. The number of fused-ring (bicyclic) bond motifs is 1. The summed E-state index contributed by atoms with van der Waals surface area (Å²) in [7, 11) is 0. The molecule has 4 aromatic rings. The molecule has 0 radical (unpaired) electrons. The fraction of sp³-hybridized carbons (Fsp3) is 0.321. The summed E-state index contributed by atoms with van der Waals surface area (Å²) in [5.74, 6) is 0.122. The molecule has 2 aromatic heterocycles. The zero-order chi connectivity index (χ0) is 25.9. The standard InChI is InChI=1S/C28H28F2N8/c29-24-8-5-19(14-25(24)30)13-20-16-31-27(32-17-20)37-9-11-38(12-10-37)28-34-18-33-26(36-28)35-23-7-6-21-3-1-2-4-22(21)15-23/h5-8,14-18H,1-4,9-13H2,(H,33,34,35,36). The number of aromatic nitrogens is 5. The molecule has 1 N–H and O–H groups in total. The second-order valence-electron chi connectivity index (χ2n) is 9.72. The molecule has 0 unspecified atom stereocenters. The van der Waals surface area contributed by atoms with Crippen LogP contribution in [0.2, 0.25) is 0 Å². The minimum absolute atomic E-state index is 0.437. The van der Waals surface area contributed by atoms with Gasteiger partial charge >= 0.3 is 0 Å². The monoisotopic (exact) mass is 514 g/mol. The van der Waals surface area contributed by atoms with Gasteiger partial charge in [-0.2, -0.15) is 4.98 Å². The van der Waals surface area contributed by atoms with E-state index in [9.17, 15) is 8.78 Å². The molecule has 38 heavy (non-hydrogen) atoms. The summed E-state index contributed by atoms with van der Waals surface area (Å²) in [5, 5.41) is 3.34. The van der Waals surface area contributed by atoms with Crippen molar-refractivity contribution in [2.24, 2.45) is 0 Å². The summed E-state index contributed by atoms with van der Waals surface area (Å²) in [6, 6.07) is 10.4. The molecular formula is C28H28F2N8. The Morgan fingerprint density at radius 2 is 1.45 bits per heavy atom. The Balaban J connectivity index is 1.06. The molecule has 194 valence electrons. The van der Waals surface area contributed by atoms with Crippen LogP contribution in [0.4, 0.5) is 32.3 Å². The van der Waals surface area contributed by atoms with E-state index in [-0.39, 0.29) is 0 Å². The Labute approximate surface area is 219 Å². The van der Waals surface area contributed by atoms with Gasteiger partial charge in [0, 0.05) is 50.7 Å². The lowest BCUT2D eigenvalue weighted by Gasteiger charge is -2.34. The number of halogens is 2. The quantitative estimate of drug-likeness (QED) is 0.403. The van der Waals surface area contributed by atoms with Crippen molar-refractivity contribution in [1.82, 2.24) is 24.9 Å². The molecule has 1 saturated heterocycles. The lowest BCUT2D eigenvalue weighted by Crippen LogP contribution is -2.47. The summed E-state index contributed by atoms with van der Waals surface area (Å²) >= 11 is 0. The average Bonchev–Trinajstić information content (AvgIpc) is 2.96. The second-order valence-corrected chi connectivity index (χ2v) is 9.72. The van der Waals surface area contributed by atoms with Gasteiger partial charge < -0.3 is 15.1 Å². The van der Waals surface area contributed by atoms with Gasteiger partial charge in [-0.3, -0.25) is 0 Å². The van der Waals surface area contributed by atoms with E-state index in [2.05, 4.69) is 58.2 Å². The van der Waals surface area contributed by atoms with Crippen molar-refractivity contribution in [3.63, 3.8) is 0 Å². The summed E-state index contributed by atoms with van der Waals surface area (Å²) in [4.78, 5) is 26.6. The largest absolute Gasteiger partial charge is 0.337 e. The first-order valence-corrected chi connectivity index (χ1v) is 12.9. The third-order valence-electron chi connectivity index (χ3n) is 7.09. The average molecular weight is 515 g/mol. The van der Waals surface area contributed by atoms with E-state index >= 15 is 0 Å². The van der Waals surface area contributed by atoms with Crippen LogP contribution in [0.15, 0.2) is 55.1 Å². The first kappa shape index (κ1) is 24.1. The lowest BCUT2D eigenvalue weighted by molar-refractivity contribution is 0.507. The molecule has 0 atom stereocenters. The number of rotatable bonds is 6. The summed E-state index contributed by atoms with van der Waals surface area (Å²) < 4.78 is 26.7. The van der Waals surface area contributed by atoms with Gasteiger partial charge in [0.05, 0.1) is 0 Å². The summed E-state index contributed by atoms with van der Waals surface area (Å²) in [5.41, 5.74) is 5.36. The highest BCUT2D eigenvalue weighted by Crippen LogP contribution is 2.26. The minimum Gasteiger partial charge on any atom is -0.337 e. The first-order chi connectivity index (χ1) is 18.6. The number of nitrogens with one attached hydrogen (secondary N) is 1. The number of nitrogens with zero attached hydrogens (tertiary/aromatic N) is 7. The van der Waals surface area contributed by atoms with E-state index in [0.717, 1.165) is 56.3 Å². The van der Waals surface area contributed by atoms with E-state index in [1.54, 1.807) is 24.8 Å². The second kappa shape index (κ2) is 10.6. The topological polar surface area (TPSA) is 83.0 Å². The van der Waals surface area contributed by atoms with Gasteiger partial charge in [0.1, 0.15) is 6.33 Å². The predicted molar refractivity (Wildman–Crippen MR) is 142 cm³/mol. The van der Waals surface area contributed by atoms with E-state index in [0.29, 0.717) is 29.8 Å².